The van der Waals surface area contributed by atoms with Crippen LogP contribution in [-0.2, 0) is 16.0 Å². The van der Waals surface area contributed by atoms with Gasteiger partial charge in [0.05, 0.1) is 0 Å². The summed E-state index contributed by atoms with van der Waals surface area (Å²) < 4.78 is 5.25. The minimum Gasteiger partial charge on any atom is -0.444 e. The van der Waals surface area contributed by atoms with Gasteiger partial charge in [-0.2, -0.15) is 0 Å². The number of hydrogen-bond donors (Lipinski definition) is 2. The molecule has 0 fully saturated rings. The van der Waals surface area contributed by atoms with Crippen molar-refractivity contribution in [1.29, 1.82) is 0 Å². The average molecular weight is 335 g/mol. The number of amides is 2. The van der Waals surface area contributed by atoms with Crippen molar-refractivity contribution in [2.75, 3.05) is 6.54 Å². The van der Waals surface area contributed by atoms with E-state index in [0.717, 1.165) is 12.1 Å². The Hall–Kier alpha value is -2.11. The van der Waals surface area contributed by atoms with Gasteiger partial charge in [0.15, 0.2) is 0 Å². The molecule has 1 heterocycles. The zero-order chi connectivity index (χ0) is 18.2. The summed E-state index contributed by atoms with van der Waals surface area (Å²) in [6.45, 7) is 9.75. The number of aromatic nitrogens is 1. The second kappa shape index (κ2) is 9.25. The average Bonchev–Trinajstić information content (AvgIpc) is 2.51. The minimum absolute atomic E-state index is 0.00682. The van der Waals surface area contributed by atoms with Gasteiger partial charge in [-0.1, -0.05) is 26.3 Å². The van der Waals surface area contributed by atoms with Crippen molar-refractivity contribution in [2.45, 2.75) is 59.1 Å². The first-order valence-electron chi connectivity index (χ1n) is 8.40. The Kier molecular flexibility index (Phi) is 7.68. The van der Waals surface area contributed by atoms with Crippen LogP contribution in [0.1, 0.15) is 46.7 Å². The van der Waals surface area contributed by atoms with E-state index in [2.05, 4.69) is 15.6 Å². The number of nitrogens with zero attached hydrogens (tertiary/aromatic N) is 1. The maximum atomic E-state index is 12.4. The van der Waals surface area contributed by atoms with E-state index in [1.165, 1.54) is 0 Å². The van der Waals surface area contributed by atoms with Gasteiger partial charge in [-0.3, -0.25) is 9.78 Å². The first kappa shape index (κ1) is 19.9. The van der Waals surface area contributed by atoms with E-state index in [0.29, 0.717) is 13.0 Å². The molecule has 0 spiro atoms. The van der Waals surface area contributed by atoms with E-state index >= 15 is 0 Å². The molecule has 6 nitrogen and oxygen atoms in total. The Morgan fingerprint density at radius 3 is 2.54 bits per heavy atom. The lowest BCUT2D eigenvalue weighted by atomic mass is 9.98. The molecule has 0 radical (unpaired) electrons. The Labute approximate surface area is 144 Å². The smallest absolute Gasteiger partial charge is 0.408 e. The highest BCUT2D eigenvalue weighted by Crippen LogP contribution is 2.11. The molecule has 24 heavy (non-hydrogen) atoms. The van der Waals surface area contributed by atoms with E-state index < -0.39 is 17.7 Å². The van der Waals surface area contributed by atoms with Crippen LogP contribution < -0.4 is 10.6 Å². The number of pyridine rings is 1. The third-order valence-corrected chi connectivity index (χ3v) is 3.57. The molecule has 0 aliphatic carbocycles. The number of nitrogens with one attached hydrogen (secondary N) is 2. The van der Waals surface area contributed by atoms with Crippen LogP contribution in [0.4, 0.5) is 4.79 Å². The summed E-state index contributed by atoms with van der Waals surface area (Å²) in [5.74, 6) is -0.196. The summed E-state index contributed by atoms with van der Waals surface area (Å²) in [7, 11) is 0. The summed E-state index contributed by atoms with van der Waals surface area (Å²) >= 11 is 0. The first-order chi connectivity index (χ1) is 11.2. The molecule has 0 aliphatic rings. The monoisotopic (exact) mass is 335 g/mol. The summed E-state index contributed by atoms with van der Waals surface area (Å²) in [5.41, 5.74) is 0.317. The van der Waals surface area contributed by atoms with Crippen LogP contribution in [-0.4, -0.2) is 35.2 Å². The zero-order valence-corrected chi connectivity index (χ0v) is 15.3. The minimum atomic E-state index is -0.617. The molecule has 0 aromatic carbocycles. The van der Waals surface area contributed by atoms with Crippen LogP contribution in [0.2, 0.25) is 0 Å². The molecule has 0 saturated heterocycles. The summed E-state index contributed by atoms with van der Waals surface area (Å²) in [6.07, 6.45) is 2.57. The van der Waals surface area contributed by atoms with Crippen molar-refractivity contribution >= 4 is 12.0 Å². The van der Waals surface area contributed by atoms with Crippen LogP contribution >= 0.6 is 0 Å². The van der Waals surface area contributed by atoms with Gasteiger partial charge in [-0.25, -0.2) is 4.79 Å². The molecule has 0 saturated carbocycles. The molecule has 0 aliphatic heterocycles. The predicted molar refractivity (Wildman–Crippen MR) is 93.6 cm³/mol. The van der Waals surface area contributed by atoms with Gasteiger partial charge >= 0.3 is 6.09 Å². The molecule has 1 aromatic rings. The van der Waals surface area contributed by atoms with Crippen molar-refractivity contribution in [2.24, 2.45) is 5.92 Å². The Balaban J connectivity index is 2.56. The van der Waals surface area contributed by atoms with Gasteiger partial charge in [-0.05, 0) is 38.8 Å². The lowest BCUT2D eigenvalue weighted by Gasteiger charge is -2.26. The van der Waals surface area contributed by atoms with Crippen molar-refractivity contribution < 1.29 is 14.3 Å². The van der Waals surface area contributed by atoms with Crippen LogP contribution in [0.25, 0.3) is 0 Å². The van der Waals surface area contributed by atoms with Crippen molar-refractivity contribution in [3.63, 3.8) is 0 Å². The number of carbonyl (C=O) groups excluding carboxylic acids is 2. The Bertz CT molecular complexity index is 526. The van der Waals surface area contributed by atoms with Crippen LogP contribution in [0, 0.1) is 5.92 Å². The molecule has 0 unspecified atom stereocenters. The van der Waals surface area contributed by atoms with Crippen LogP contribution in [0.3, 0.4) is 0 Å². The van der Waals surface area contributed by atoms with E-state index in [1.807, 2.05) is 32.0 Å². The maximum absolute atomic E-state index is 12.4. The number of hydrogen-bond acceptors (Lipinski definition) is 4. The fourth-order valence-electron chi connectivity index (χ4n) is 2.11. The topological polar surface area (TPSA) is 80.3 Å². The van der Waals surface area contributed by atoms with E-state index in [1.54, 1.807) is 27.0 Å². The number of rotatable bonds is 7. The van der Waals surface area contributed by atoms with Gasteiger partial charge in [-0.15, -0.1) is 0 Å². The van der Waals surface area contributed by atoms with E-state index in [-0.39, 0.29) is 11.8 Å². The Morgan fingerprint density at radius 2 is 2.00 bits per heavy atom. The molecule has 1 rings (SSSR count). The molecular formula is C18H29N3O3. The normalized spacial score (nSPS) is 13.7. The standard InChI is InChI=1S/C18H29N3O3/c1-6-13(2)15(21-17(23)24-18(3,4)5)16(22)20-12-10-14-9-7-8-11-19-14/h7-9,11,13,15H,6,10,12H2,1-5H3,(H,20,22)(H,21,23)/t13-,15-/m0/s1. The van der Waals surface area contributed by atoms with Crippen LogP contribution in [0.15, 0.2) is 24.4 Å². The largest absolute Gasteiger partial charge is 0.444 e. The van der Waals surface area contributed by atoms with Gasteiger partial charge in [0, 0.05) is 24.9 Å². The van der Waals surface area contributed by atoms with E-state index in [9.17, 15) is 9.59 Å². The molecular weight excluding hydrogens is 306 g/mol. The number of ether oxygens (including phenoxy) is 1. The molecule has 134 valence electrons. The first-order valence-corrected chi connectivity index (χ1v) is 8.40. The molecule has 1 aromatic heterocycles. The van der Waals surface area contributed by atoms with Crippen LogP contribution in [0.5, 0.6) is 0 Å². The van der Waals surface area contributed by atoms with Crippen molar-refractivity contribution in [1.82, 2.24) is 15.6 Å². The fraction of sp³-hybridized carbons (Fsp3) is 0.611. The van der Waals surface area contributed by atoms with Gasteiger partial charge in [0.2, 0.25) is 5.91 Å². The lowest BCUT2D eigenvalue weighted by Crippen LogP contribution is -2.51. The van der Waals surface area contributed by atoms with Crippen molar-refractivity contribution in [3.05, 3.63) is 30.1 Å². The molecule has 0 bridgehead atoms. The van der Waals surface area contributed by atoms with Crippen molar-refractivity contribution in [3.8, 4) is 0 Å². The predicted octanol–water partition coefficient (Wildman–Crippen LogP) is 2.68. The third kappa shape index (κ3) is 7.44. The molecule has 2 atom stereocenters. The quantitative estimate of drug-likeness (QED) is 0.803. The second-order valence-electron chi connectivity index (χ2n) is 6.87. The maximum Gasteiger partial charge on any atom is 0.408 e. The Morgan fingerprint density at radius 1 is 1.29 bits per heavy atom. The third-order valence-electron chi connectivity index (χ3n) is 3.57. The lowest BCUT2D eigenvalue weighted by molar-refractivity contribution is -0.124. The van der Waals surface area contributed by atoms with Gasteiger partial charge in [0.25, 0.3) is 0 Å². The SMILES string of the molecule is CC[C@H](C)[C@H](NC(=O)OC(C)(C)C)C(=O)NCCc1ccccn1. The highest BCUT2D eigenvalue weighted by Gasteiger charge is 2.27. The summed E-state index contributed by atoms with van der Waals surface area (Å²) in [5, 5.41) is 5.55. The number of carbonyl (C=O) groups is 2. The van der Waals surface area contributed by atoms with Gasteiger partial charge < -0.3 is 15.4 Å². The molecule has 2 N–H and O–H groups in total. The molecule has 2 amide bonds. The fourth-order valence-corrected chi connectivity index (χ4v) is 2.11. The molecule has 6 heteroatoms. The summed E-state index contributed by atoms with van der Waals surface area (Å²) in [4.78, 5) is 28.6. The highest BCUT2D eigenvalue weighted by molar-refractivity contribution is 5.85. The van der Waals surface area contributed by atoms with E-state index in [4.69, 9.17) is 4.74 Å². The summed E-state index contributed by atoms with van der Waals surface area (Å²) in [6, 6.07) is 5.06. The highest BCUT2D eigenvalue weighted by atomic mass is 16.6. The zero-order valence-electron chi connectivity index (χ0n) is 15.3. The second-order valence-corrected chi connectivity index (χ2v) is 6.87. The number of alkyl carbamates (subject to hydrolysis) is 1. The van der Waals surface area contributed by atoms with Gasteiger partial charge in [0.1, 0.15) is 11.6 Å².